The van der Waals surface area contributed by atoms with Crippen molar-refractivity contribution >= 4 is 11.8 Å². The van der Waals surface area contributed by atoms with E-state index in [9.17, 15) is 9.59 Å². The van der Waals surface area contributed by atoms with Crippen molar-refractivity contribution in [2.24, 2.45) is 0 Å². The van der Waals surface area contributed by atoms with Crippen molar-refractivity contribution in [1.82, 2.24) is 10.2 Å². The van der Waals surface area contributed by atoms with E-state index in [-0.39, 0.29) is 17.9 Å². The number of methoxy groups -OCH3 is 1. The number of carbonyl (C=O) groups is 2. The van der Waals surface area contributed by atoms with Gasteiger partial charge < -0.3 is 15.0 Å². The third kappa shape index (κ3) is 5.76. The molecule has 1 rings (SSSR count). The molecular formula is C17H26N2O3. The lowest BCUT2D eigenvalue weighted by atomic mass is 10.1. The van der Waals surface area contributed by atoms with Gasteiger partial charge in [-0.15, -0.1) is 0 Å². The molecule has 122 valence electrons. The Morgan fingerprint density at radius 2 is 1.95 bits per heavy atom. The van der Waals surface area contributed by atoms with Gasteiger partial charge in [0.1, 0.15) is 5.75 Å². The molecule has 0 aromatic heterocycles. The van der Waals surface area contributed by atoms with Crippen LogP contribution in [-0.2, 0) is 16.0 Å². The third-order valence-corrected chi connectivity index (χ3v) is 3.52. The summed E-state index contributed by atoms with van der Waals surface area (Å²) in [4.78, 5) is 25.0. The fourth-order valence-corrected chi connectivity index (χ4v) is 2.34. The summed E-state index contributed by atoms with van der Waals surface area (Å²) in [5.41, 5.74) is 1.07. The molecule has 0 radical (unpaired) electrons. The van der Waals surface area contributed by atoms with E-state index in [0.717, 1.165) is 17.7 Å². The summed E-state index contributed by atoms with van der Waals surface area (Å²) < 4.78 is 5.28. The predicted molar refractivity (Wildman–Crippen MR) is 86.8 cm³/mol. The number of nitrogens with zero attached hydrogens (tertiary/aromatic N) is 1. The highest BCUT2D eigenvalue weighted by atomic mass is 16.5. The van der Waals surface area contributed by atoms with Crippen LogP contribution in [0, 0.1) is 0 Å². The summed E-state index contributed by atoms with van der Waals surface area (Å²) in [6.07, 6.45) is 1.04. The van der Waals surface area contributed by atoms with Crippen molar-refractivity contribution in [3.63, 3.8) is 0 Å². The van der Waals surface area contributed by atoms with E-state index in [1.807, 2.05) is 38.1 Å². The van der Waals surface area contributed by atoms with Gasteiger partial charge in [0.05, 0.1) is 7.11 Å². The zero-order valence-electron chi connectivity index (χ0n) is 13.9. The Morgan fingerprint density at radius 3 is 2.55 bits per heavy atom. The maximum absolute atomic E-state index is 11.9. The molecule has 2 amide bonds. The fourth-order valence-electron chi connectivity index (χ4n) is 2.34. The molecule has 0 aliphatic rings. The minimum Gasteiger partial charge on any atom is -0.496 e. The number of benzene rings is 1. The van der Waals surface area contributed by atoms with E-state index in [4.69, 9.17) is 4.74 Å². The van der Waals surface area contributed by atoms with Gasteiger partial charge in [0.2, 0.25) is 11.8 Å². The molecule has 0 saturated carbocycles. The lowest BCUT2D eigenvalue weighted by molar-refractivity contribution is -0.131. The summed E-state index contributed by atoms with van der Waals surface area (Å²) >= 11 is 0. The Morgan fingerprint density at radius 1 is 1.27 bits per heavy atom. The van der Waals surface area contributed by atoms with Crippen LogP contribution >= 0.6 is 0 Å². The van der Waals surface area contributed by atoms with Crippen molar-refractivity contribution in [2.45, 2.75) is 39.7 Å². The lowest BCUT2D eigenvalue weighted by Crippen LogP contribution is -2.38. The first-order chi connectivity index (χ1) is 10.5. The van der Waals surface area contributed by atoms with E-state index < -0.39 is 0 Å². The second kappa shape index (κ2) is 9.07. The normalized spacial score (nSPS) is 10.4. The van der Waals surface area contributed by atoms with E-state index in [0.29, 0.717) is 19.5 Å². The zero-order valence-corrected chi connectivity index (χ0v) is 13.9. The van der Waals surface area contributed by atoms with E-state index in [2.05, 4.69) is 5.32 Å². The maximum atomic E-state index is 11.9. The Kier molecular flexibility index (Phi) is 7.43. The van der Waals surface area contributed by atoms with Crippen LogP contribution in [0.2, 0.25) is 0 Å². The van der Waals surface area contributed by atoms with Crippen LogP contribution in [0.25, 0.3) is 0 Å². The Balaban J connectivity index is 2.36. The molecule has 0 saturated heterocycles. The van der Waals surface area contributed by atoms with Crippen molar-refractivity contribution in [3.05, 3.63) is 29.8 Å². The highest BCUT2D eigenvalue weighted by molar-refractivity contribution is 5.78. The topological polar surface area (TPSA) is 58.6 Å². The molecule has 1 aromatic rings. The average Bonchev–Trinajstić information content (AvgIpc) is 2.47. The molecular weight excluding hydrogens is 280 g/mol. The molecule has 1 N–H and O–H groups in total. The summed E-state index contributed by atoms with van der Waals surface area (Å²) in [6.45, 7) is 6.43. The van der Waals surface area contributed by atoms with Gasteiger partial charge in [-0.1, -0.05) is 18.2 Å². The Labute approximate surface area is 132 Å². The molecule has 0 aliphatic carbocycles. The largest absolute Gasteiger partial charge is 0.496 e. The predicted octanol–water partition coefficient (Wildman–Crippen LogP) is 2.00. The van der Waals surface area contributed by atoms with Gasteiger partial charge in [0.15, 0.2) is 0 Å². The van der Waals surface area contributed by atoms with Crippen LogP contribution < -0.4 is 10.1 Å². The van der Waals surface area contributed by atoms with Crippen LogP contribution in [0.1, 0.15) is 32.8 Å². The molecule has 0 fully saturated rings. The first kappa shape index (κ1) is 18.0. The molecule has 0 unspecified atom stereocenters. The molecule has 0 heterocycles. The monoisotopic (exact) mass is 306 g/mol. The van der Waals surface area contributed by atoms with Gasteiger partial charge in [-0.25, -0.2) is 0 Å². The average molecular weight is 306 g/mol. The molecule has 0 atom stereocenters. The highest BCUT2D eigenvalue weighted by Gasteiger charge is 2.14. The molecule has 0 spiro atoms. The minimum absolute atomic E-state index is 0.00294. The van der Waals surface area contributed by atoms with Crippen molar-refractivity contribution < 1.29 is 14.3 Å². The van der Waals surface area contributed by atoms with Gasteiger partial charge in [0, 0.05) is 32.5 Å². The second-order valence-electron chi connectivity index (χ2n) is 5.47. The third-order valence-electron chi connectivity index (χ3n) is 3.52. The molecule has 0 aliphatic heterocycles. The van der Waals surface area contributed by atoms with E-state index in [1.54, 1.807) is 12.0 Å². The van der Waals surface area contributed by atoms with Crippen LogP contribution in [0.5, 0.6) is 5.75 Å². The van der Waals surface area contributed by atoms with Crippen LogP contribution in [0.15, 0.2) is 24.3 Å². The SMILES string of the molecule is COc1ccccc1CCNC(=O)CCN(C(C)=O)C(C)C. The van der Waals surface area contributed by atoms with Gasteiger partial charge in [-0.2, -0.15) is 0 Å². The lowest BCUT2D eigenvalue weighted by Gasteiger charge is -2.24. The quantitative estimate of drug-likeness (QED) is 0.799. The highest BCUT2D eigenvalue weighted by Crippen LogP contribution is 2.17. The number of ether oxygens (including phenoxy) is 1. The summed E-state index contributed by atoms with van der Waals surface area (Å²) in [7, 11) is 1.64. The molecule has 1 aromatic carbocycles. The maximum Gasteiger partial charge on any atom is 0.221 e. The van der Waals surface area contributed by atoms with Crippen LogP contribution in [0.4, 0.5) is 0 Å². The van der Waals surface area contributed by atoms with E-state index in [1.165, 1.54) is 6.92 Å². The summed E-state index contributed by atoms with van der Waals surface area (Å²) in [6, 6.07) is 7.88. The number of carbonyl (C=O) groups excluding carboxylic acids is 2. The number of para-hydroxylation sites is 1. The molecule has 5 nitrogen and oxygen atoms in total. The fraction of sp³-hybridized carbons (Fsp3) is 0.529. The first-order valence-electron chi connectivity index (χ1n) is 7.61. The Bertz CT molecular complexity index is 500. The number of hydrogen-bond acceptors (Lipinski definition) is 3. The van der Waals surface area contributed by atoms with Gasteiger partial charge >= 0.3 is 0 Å². The number of hydrogen-bond donors (Lipinski definition) is 1. The first-order valence-corrected chi connectivity index (χ1v) is 7.61. The molecule has 5 heteroatoms. The number of rotatable bonds is 8. The standard InChI is InChI=1S/C17H26N2O3/c1-13(2)19(14(3)20)12-10-17(21)18-11-9-15-7-5-6-8-16(15)22-4/h5-8,13H,9-12H2,1-4H3,(H,18,21). The number of nitrogens with one attached hydrogen (secondary N) is 1. The number of amides is 2. The smallest absolute Gasteiger partial charge is 0.221 e. The van der Waals surface area contributed by atoms with Crippen molar-refractivity contribution in [1.29, 1.82) is 0 Å². The second-order valence-corrected chi connectivity index (χ2v) is 5.47. The minimum atomic E-state index is -0.0400. The molecule has 22 heavy (non-hydrogen) atoms. The van der Waals surface area contributed by atoms with Crippen LogP contribution in [-0.4, -0.2) is 43.0 Å². The van der Waals surface area contributed by atoms with Gasteiger partial charge in [-0.3, -0.25) is 9.59 Å². The Hall–Kier alpha value is -2.04. The van der Waals surface area contributed by atoms with E-state index >= 15 is 0 Å². The van der Waals surface area contributed by atoms with Crippen molar-refractivity contribution in [3.8, 4) is 5.75 Å². The van der Waals surface area contributed by atoms with Gasteiger partial charge in [-0.05, 0) is 31.9 Å². The van der Waals surface area contributed by atoms with Crippen LogP contribution in [0.3, 0.4) is 0 Å². The zero-order chi connectivity index (χ0) is 16.5. The summed E-state index contributed by atoms with van der Waals surface area (Å²) in [5, 5.41) is 2.88. The van der Waals surface area contributed by atoms with Crippen molar-refractivity contribution in [2.75, 3.05) is 20.2 Å². The summed E-state index contributed by atoms with van der Waals surface area (Å²) in [5.74, 6) is 0.790. The molecule has 0 bridgehead atoms. The van der Waals surface area contributed by atoms with Gasteiger partial charge in [0.25, 0.3) is 0 Å².